The van der Waals surface area contributed by atoms with E-state index in [1.54, 1.807) is 48.2 Å². The van der Waals surface area contributed by atoms with Gasteiger partial charge in [-0.1, -0.05) is 20.8 Å². The van der Waals surface area contributed by atoms with Crippen LogP contribution in [0.25, 0.3) is 6.08 Å². The Morgan fingerprint density at radius 2 is 2.07 bits per heavy atom. The van der Waals surface area contributed by atoms with Crippen LogP contribution in [0.1, 0.15) is 46.3 Å². The van der Waals surface area contributed by atoms with Gasteiger partial charge >= 0.3 is 0 Å². The lowest BCUT2D eigenvalue weighted by molar-refractivity contribution is -0.140. The van der Waals surface area contributed by atoms with Crippen molar-refractivity contribution >= 4 is 23.8 Å². The Kier molecular flexibility index (Phi) is 7.05. The van der Waals surface area contributed by atoms with Gasteiger partial charge in [-0.25, -0.2) is 0 Å². The SMILES string of the molecule is CC(NC(=O)C(C)(C)C)C(=O)N(C)C1CCCN(C(=O)/C=C/c2ccco2)C1. The molecule has 2 unspecified atom stereocenters. The summed E-state index contributed by atoms with van der Waals surface area (Å²) >= 11 is 0. The number of piperidine rings is 1. The number of likely N-dealkylation sites (tertiary alicyclic amines) is 1. The normalized spacial score (nSPS) is 18.8. The zero-order valence-corrected chi connectivity index (χ0v) is 17.4. The van der Waals surface area contributed by atoms with Gasteiger partial charge in [-0.05, 0) is 38.0 Å². The average molecular weight is 389 g/mol. The van der Waals surface area contributed by atoms with Crippen molar-refractivity contribution in [1.29, 1.82) is 0 Å². The quantitative estimate of drug-likeness (QED) is 0.784. The first-order chi connectivity index (χ1) is 13.1. The van der Waals surface area contributed by atoms with Gasteiger partial charge in [0.15, 0.2) is 0 Å². The smallest absolute Gasteiger partial charge is 0.246 e. The maximum atomic E-state index is 12.7. The highest BCUT2D eigenvalue weighted by molar-refractivity contribution is 5.92. The van der Waals surface area contributed by atoms with E-state index in [0.717, 1.165) is 12.8 Å². The second-order valence-electron chi connectivity index (χ2n) is 8.32. The van der Waals surface area contributed by atoms with Crippen molar-refractivity contribution in [2.24, 2.45) is 5.41 Å². The van der Waals surface area contributed by atoms with E-state index in [0.29, 0.717) is 18.8 Å². The van der Waals surface area contributed by atoms with Crippen LogP contribution in [0.4, 0.5) is 0 Å². The number of nitrogens with zero attached hydrogens (tertiary/aromatic N) is 2. The van der Waals surface area contributed by atoms with Crippen molar-refractivity contribution in [2.45, 2.75) is 52.6 Å². The van der Waals surface area contributed by atoms with Crippen molar-refractivity contribution in [2.75, 3.05) is 20.1 Å². The van der Waals surface area contributed by atoms with Crippen molar-refractivity contribution in [3.63, 3.8) is 0 Å². The van der Waals surface area contributed by atoms with E-state index in [4.69, 9.17) is 4.42 Å². The fourth-order valence-electron chi connectivity index (χ4n) is 3.08. The number of furan rings is 1. The van der Waals surface area contributed by atoms with Crippen LogP contribution in [0, 0.1) is 5.41 Å². The second kappa shape index (κ2) is 9.08. The van der Waals surface area contributed by atoms with Gasteiger partial charge in [0.05, 0.1) is 6.26 Å². The van der Waals surface area contributed by atoms with Gasteiger partial charge in [0, 0.05) is 37.7 Å². The zero-order chi connectivity index (χ0) is 20.9. The number of hydrogen-bond acceptors (Lipinski definition) is 4. The molecule has 7 heteroatoms. The lowest BCUT2D eigenvalue weighted by atomic mass is 9.95. The highest BCUT2D eigenvalue weighted by Gasteiger charge is 2.31. The van der Waals surface area contributed by atoms with E-state index in [9.17, 15) is 14.4 Å². The van der Waals surface area contributed by atoms with Crippen molar-refractivity contribution in [3.8, 4) is 0 Å². The lowest BCUT2D eigenvalue weighted by Crippen LogP contribution is -2.55. The summed E-state index contributed by atoms with van der Waals surface area (Å²) in [5.74, 6) is 0.210. The molecule has 28 heavy (non-hydrogen) atoms. The first kappa shape index (κ1) is 21.7. The zero-order valence-electron chi connectivity index (χ0n) is 17.4. The molecule has 7 nitrogen and oxygen atoms in total. The summed E-state index contributed by atoms with van der Waals surface area (Å²) in [7, 11) is 1.74. The predicted octanol–water partition coefficient (Wildman–Crippen LogP) is 2.29. The van der Waals surface area contributed by atoms with Gasteiger partial charge < -0.3 is 19.5 Å². The van der Waals surface area contributed by atoms with E-state index in [1.807, 2.05) is 20.8 Å². The van der Waals surface area contributed by atoms with Crippen molar-refractivity contribution in [3.05, 3.63) is 30.2 Å². The summed E-state index contributed by atoms with van der Waals surface area (Å²) in [6.45, 7) is 8.26. The van der Waals surface area contributed by atoms with Crippen LogP contribution in [0.5, 0.6) is 0 Å². The van der Waals surface area contributed by atoms with Crippen LogP contribution in [0.15, 0.2) is 28.9 Å². The van der Waals surface area contributed by atoms with Crippen LogP contribution in [-0.4, -0.2) is 59.7 Å². The topological polar surface area (TPSA) is 82.9 Å². The highest BCUT2D eigenvalue weighted by Crippen LogP contribution is 2.17. The fourth-order valence-corrected chi connectivity index (χ4v) is 3.08. The Bertz CT molecular complexity index is 719. The van der Waals surface area contributed by atoms with Gasteiger partial charge in [0.2, 0.25) is 17.7 Å². The van der Waals surface area contributed by atoms with Gasteiger partial charge in [-0.15, -0.1) is 0 Å². The molecule has 0 bridgehead atoms. The van der Waals surface area contributed by atoms with Crippen LogP contribution < -0.4 is 5.32 Å². The molecule has 1 aliphatic rings. The number of nitrogens with one attached hydrogen (secondary N) is 1. The molecule has 1 fully saturated rings. The van der Waals surface area contributed by atoms with E-state index >= 15 is 0 Å². The Hall–Kier alpha value is -2.57. The minimum Gasteiger partial charge on any atom is -0.465 e. The maximum absolute atomic E-state index is 12.7. The number of rotatable bonds is 5. The summed E-state index contributed by atoms with van der Waals surface area (Å²) in [6, 6.07) is 2.86. The van der Waals surface area contributed by atoms with Crippen LogP contribution in [-0.2, 0) is 14.4 Å². The van der Waals surface area contributed by atoms with Gasteiger partial charge in [-0.3, -0.25) is 14.4 Å². The fraction of sp³-hybridized carbons (Fsp3) is 0.571. The van der Waals surface area contributed by atoms with Crippen LogP contribution >= 0.6 is 0 Å². The second-order valence-corrected chi connectivity index (χ2v) is 8.32. The van der Waals surface area contributed by atoms with E-state index in [1.165, 1.54) is 6.08 Å². The number of carbonyl (C=O) groups excluding carboxylic acids is 3. The lowest BCUT2D eigenvalue weighted by Gasteiger charge is -2.38. The third kappa shape index (κ3) is 5.71. The van der Waals surface area contributed by atoms with E-state index in [2.05, 4.69) is 5.32 Å². The molecule has 0 aromatic carbocycles. The summed E-state index contributed by atoms with van der Waals surface area (Å²) in [5.41, 5.74) is -0.554. The monoisotopic (exact) mass is 389 g/mol. The molecule has 1 aromatic heterocycles. The molecule has 1 aromatic rings. The summed E-state index contributed by atoms with van der Waals surface area (Å²) in [6.07, 6.45) is 6.35. The molecule has 1 aliphatic heterocycles. The van der Waals surface area contributed by atoms with Crippen molar-refractivity contribution in [1.82, 2.24) is 15.1 Å². The minimum absolute atomic E-state index is 0.0730. The molecule has 0 spiro atoms. The Morgan fingerprint density at radius 1 is 1.36 bits per heavy atom. The van der Waals surface area contributed by atoms with E-state index < -0.39 is 11.5 Å². The van der Waals surface area contributed by atoms with Gasteiger partial charge in [0.1, 0.15) is 11.8 Å². The number of amides is 3. The molecular weight excluding hydrogens is 358 g/mol. The van der Waals surface area contributed by atoms with Crippen molar-refractivity contribution < 1.29 is 18.8 Å². The van der Waals surface area contributed by atoms with Gasteiger partial charge in [0.25, 0.3) is 0 Å². The van der Waals surface area contributed by atoms with E-state index in [-0.39, 0.29) is 23.8 Å². The first-order valence-corrected chi connectivity index (χ1v) is 9.67. The molecule has 0 saturated carbocycles. The number of likely N-dealkylation sites (N-methyl/N-ethyl adjacent to an activating group) is 1. The molecule has 0 radical (unpaired) electrons. The molecule has 154 valence electrons. The summed E-state index contributed by atoms with van der Waals surface area (Å²) in [5, 5.41) is 2.78. The molecular formula is C21H31N3O4. The van der Waals surface area contributed by atoms with Gasteiger partial charge in [-0.2, -0.15) is 0 Å². The Labute approximate surface area is 166 Å². The third-order valence-electron chi connectivity index (χ3n) is 4.94. The largest absolute Gasteiger partial charge is 0.465 e. The molecule has 1 N–H and O–H groups in total. The highest BCUT2D eigenvalue weighted by atomic mass is 16.3. The molecule has 3 amide bonds. The number of carbonyl (C=O) groups is 3. The summed E-state index contributed by atoms with van der Waals surface area (Å²) in [4.78, 5) is 40.7. The Morgan fingerprint density at radius 3 is 2.68 bits per heavy atom. The first-order valence-electron chi connectivity index (χ1n) is 9.67. The standard InChI is InChI=1S/C21H31N3O4/c1-15(22-20(27)21(2,3)4)19(26)23(5)16-8-6-12-24(14-16)18(25)11-10-17-9-7-13-28-17/h7,9-11,13,15-16H,6,8,12,14H2,1-5H3,(H,22,27)/b11-10+. The molecule has 2 atom stereocenters. The van der Waals surface area contributed by atoms with Crippen LogP contribution in [0.3, 0.4) is 0 Å². The molecule has 2 heterocycles. The third-order valence-corrected chi connectivity index (χ3v) is 4.94. The maximum Gasteiger partial charge on any atom is 0.246 e. The average Bonchev–Trinajstić information content (AvgIpc) is 3.17. The molecule has 0 aliphatic carbocycles. The Balaban J connectivity index is 1.93. The minimum atomic E-state index is -0.610. The van der Waals surface area contributed by atoms with Crippen LogP contribution in [0.2, 0.25) is 0 Å². The molecule has 1 saturated heterocycles. The summed E-state index contributed by atoms with van der Waals surface area (Å²) < 4.78 is 5.20. The molecule has 2 rings (SSSR count). The predicted molar refractivity (Wildman–Crippen MR) is 107 cm³/mol. The number of hydrogen-bond donors (Lipinski definition) is 1.